The van der Waals surface area contributed by atoms with E-state index in [1.165, 1.54) is 0 Å². The Labute approximate surface area is 114 Å². The van der Waals surface area contributed by atoms with Gasteiger partial charge in [0, 0.05) is 6.04 Å². The van der Waals surface area contributed by atoms with Gasteiger partial charge in [0.1, 0.15) is 0 Å². The number of halogens is 2. The van der Waals surface area contributed by atoms with Gasteiger partial charge in [-0.25, -0.2) is 13.6 Å². The van der Waals surface area contributed by atoms with E-state index in [4.69, 9.17) is 9.84 Å². The lowest BCUT2D eigenvalue weighted by atomic mass is 10.2. The highest BCUT2D eigenvalue weighted by Gasteiger charge is 2.17. The fourth-order valence-electron chi connectivity index (χ4n) is 1.38. The molecular weight excluding hydrogens is 272 g/mol. The second-order valence-corrected chi connectivity index (χ2v) is 4.24. The van der Waals surface area contributed by atoms with Gasteiger partial charge in [0.05, 0.1) is 5.56 Å². The average molecular weight is 287 g/mol. The molecule has 0 fully saturated rings. The highest BCUT2D eigenvalue weighted by Crippen LogP contribution is 2.23. The second-order valence-electron chi connectivity index (χ2n) is 4.24. The first-order chi connectivity index (χ1) is 9.35. The molecule has 1 unspecified atom stereocenters. The number of carboxylic acid groups (broad SMARTS) is 1. The number of rotatable bonds is 6. The molecule has 110 valence electrons. The maximum absolute atomic E-state index is 13.5. The van der Waals surface area contributed by atoms with Gasteiger partial charge in [-0.15, -0.1) is 0 Å². The van der Waals surface area contributed by atoms with E-state index in [9.17, 15) is 18.4 Å². The van der Waals surface area contributed by atoms with E-state index in [-0.39, 0.29) is 6.04 Å². The molecule has 0 aliphatic rings. The first-order valence-corrected chi connectivity index (χ1v) is 5.99. The van der Waals surface area contributed by atoms with Crippen LogP contribution in [0, 0.1) is 11.6 Å². The van der Waals surface area contributed by atoms with Crippen molar-refractivity contribution in [3.8, 4) is 5.75 Å². The molecule has 0 aromatic heterocycles. The monoisotopic (exact) mass is 287 g/mol. The largest absolute Gasteiger partial charge is 0.478 e. The standard InChI is InChI=1S/C13H15F2NO4/c1-3-7(2)16-11(17)6-20-12-9(14)4-8(13(18)19)5-10(12)15/h4-5,7H,3,6H2,1-2H3,(H,16,17)(H,18,19). The first-order valence-electron chi connectivity index (χ1n) is 5.99. The number of carbonyl (C=O) groups excluding carboxylic acids is 1. The third kappa shape index (κ3) is 4.18. The summed E-state index contributed by atoms with van der Waals surface area (Å²) in [6.07, 6.45) is 0.710. The summed E-state index contributed by atoms with van der Waals surface area (Å²) in [6.45, 7) is 3.10. The number of benzene rings is 1. The van der Waals surface area contributed by atoms with E-state index in [2.05, 4.69) is 5.32 Å². The van der Waals surface area contributed by atoms with Crippen molar-refractivity contribution in [3.63, 3.8) is 0 Å². The number of nitrogens with one attached hydrogen (secondary N) is 1. The van der Waals surface area contributed by atoms with Crippen molar-refractivity contribution in [3.05, 3.63) is 29.3 Å². The highest BCUT2D eigenvalue weighted by atomic mass is 19.1. The number of carboxylic acids is 1. The Morgan fingerprint density at radius 1 is 1.35 bits per heavy atom. The van der Waals surface area contributed by atoms with Gasteiger partial charge in [0.15, 0.2) is 24.0 Å². The molecule has 0 saturated heterocycles. The van der Waals surface area contributed by atoms with Crippen molar-refractivity contribution in [1.82, 2.24) is 5.32 Å². The Bertz CT molecular complexity index is 496. The number of carbonyl (C=O) groups is 2. The van der Waals surface area contributed by atoms with Gasteiger partial charge in [-0.2, -0.15) is 0 Å². The van der Waals surface area contributed by atoms with Gasteiger partial charge in [0.25, 0.3) is 5.91 Å². The second kappa shape index (κ2) is 6.83. The fraction of sp³-hybridized carbons (Fsp3) is 0.385. The number of hydrogen-bond acceptors (Lipinski definition) is 3. The van der Waals surface area contributed by atoms with E-state index < -0.39 is 41.4 Å². The number of hydrogen-bond donors (Lipinski definition) is 2. The van der Waals surface area contributed by atoms with Gasteiger partial charge in [0.2, 0.25) is 0 Å². The summed E-state index contributed by atoms with van der Waals surface area (Å²) < 4.78 is 31.7. The minimum atomic E-state index is -1.45. The van der Waals surface area contributed by atoms with Crippen molar-refractivity contribution < 1.29 is 28.2 Å². The van der Waals surface area contributed by atoms with E-state index in [0.717, 1.165) is 0 Å². The molecule has 20 heavy (non-hydrogen) atoms. The van der Waals surface area contributed by atoms with Crippen LogP contribution in [0.4, 0.5) is 8.78 Å². The van der Waals surface area contributed by atoms with Crippen molar-refractivity contribution in [2.24, 2.45) is 0 Å². The molecule has 1 atom stereocenters. The maximum Gasteiger partial charge on any atom is 0.335 e. The van der Waals surface area contributed by atoms with Crippen LogP contribution in [0.25, 0.3) is 0 Å². The third-order valence-electron chi connectivity index (χ3n) is 2.61. The minimum absolute atomic E-state index is 0.0739. The molecule has 1 amide bonds. The van der Waals surface area contributed by atoms with Crippen LogP contribution < -0.4 is 10.1 Å². The summed E-state index contributed by atoms with van der Waals surface area (Å²) in [5.41, 5.74) is -0.531. The van der Waals surface area contributed by atoms with Crippen molar-refractivity contribution in [2.75, 3.05) is 6.61 Å². The minimum Gasteiger partial charge on any atom is -0.478 e. The SMILES string of the molecule is CCC(C)NC(=O)COc1c(F)cc(C(=O)O)cc1F. The summed E-state index contributed by atoms with van der Waals surface area (Å²) in [6, 6.07) is 1.19. The molecule has 0 bridgehead atoms. The Balaban J connectivity index is 2.74. The van der Waals surface area contributed by atoms with Crippen LogP contribution in [-0.2, 0) is 4.79 Å². The summed E-state index contributed by atoms with van der Waals surface area (Å²) in [7, 11) is 0. The number of aromatic carboxylic acids is 1. The Hall–Kier alpha value is -2.18. The van der Waals surface area contributed by atoms with E-state index >= 15 is 0 Å². The lowest BCUT2D eigenvalue weighted by Gasteiger charge is -2.13. The summed E-state index contributed by atoms with van der Waals surface area (Å²) in [5, 5.41) is 11.2. The van der Waals surface area contributed by atoms with E-state index in [1.54, 1.807) is 6.92 Å². The van der Waals surface area contributed by atoms with Gasteiger partial charge in [-0.1, -0.05) is 6.92 Å². The van der Waals surface area contributed by atoms with Crippen molar-refractivity contribution in [2.45, 2.75) is 26.3 Å². The van der Waals surface area contributed by atoms with Gasteiger partial charge in [-0.3, -0.25) is 4.79 Å². The van der Waals surface area contributed by atoms with Gasteiger partial charge < -0.3 is 15.2 Å². The molecule has 1 aromatic carbocycles. The molecule has 0 heterocycles. The zero-order chi connectivity index (χ0) is 15.3. The molecular formula is C13H15F2NO4. The number of amides is 1. The van der Waals surface area contributed by atoms with Crippen LogP contribution >= 0.6 is 0 Å². The smallest absolute Gasteiger partial charge is 0.335 e. The molecule has 1 aromatic rings. The molecule has 0 radical (unpaired) electrons. The zero-order valence-corrected chi connectivity index (χ0v) is 11.1. The van der Waals surface area contributed by atoms with Crippen LogP contribution in [-0.4, -0.2) is 29.6 Å². The summed E-state index contributed by atoms with van der Waals surface area (Å²) in [5.74, 6) is -5.07. The predicted octanol–water partition coefficient (Wildman–Crippen LogP) is 1.96. The fourth-order valence-corrected chi connectivity index (χ4v) is 1.38. The average Bonchev–Trinajstić information content (AvgIpc) is 2.37. The molecule has 5 nitrogen and oxygen atoms in total. The normalized spacial score (nSPS) is 11.8. The van der Waals surface area contributed by atoms with Crippen molar-refractivity contribution in [1.29, 1.82) is 0 Å². The van der Waals surface area contributed by atoms with Crippen LogP contribution in [0.3, 0.4) is 0 Å². The number of ether oxygens (including phenoxy) is 1. The van der Waals surface area contributed by atoms with Gasteiger partial charge >= 0.3 is 5.97 Å². The van der Waals surface area contributed by atoms with Crippen molar-refractivity contribution >= 4 is 11.9 Å². The highest BCUT2D eigenvalue weighted by molar-refractivity contribution is 5.87. The molecule has 1 rings (SSSR count). The Morgan fingerprint density at radius 3 is 2.35 bits per heavy atom. The quantitative estimate of drug-likeness (QED) is 0.838. The Kier molecular flexibility index (Phi) is 5.42. The van der Waals surface area contributed by atoms with E-state index in [1.807, 2.05) is 6.92 Å². The zero-order valence-electron chi connectivity index (χ0n) is 11.1. The predicted molar refractivity (Wildman–Crippen MR) is 66.7 cm³/mol. The van der Waals surface area contributed by atoms with Crippen LogP contribution in [0.2, 0.25) is 0 Å². The molecule has 0 aliphatic carbocycles. The summed E-state index contributed by atoms with van der Waals surface area (Å²) >= 11 is 0. The molecule has 0 saturated carbocycles. The third-order valence-corrected chi connectivity index (χ3v) is 2.61. The maximum atomic E-state index is 13.5. The molecule has 7 heteroatoms. The lowest BCUT2D eigenvalue weighted by Crippen LogP contribution is -2.35. The lowest BCUT2D eigenvalue weighted by molar-refractivity contribution is -0.123. The van der Waals surface area contributed by atoms with Crippen LogP contribution in [0.15, 0.2) is 12.1 Å². The summed E-state index contributed by atoms with van der Waals surface area (Å²) in [4.78, 5) is 22.0. The van der Waals surface area contributed by atoms with E-state index in [0.29, 0.717) is 18.6 Å². The molecule has 0 spiro atoms. The van der Waals surface area contributed by atoms with Crippen LogP contribution in [0.1, 0.15) is 30.6 Å². The van der Waals surface area contributed by atoms with Gasteiger partial charge in [-0.05, 0) is 25.5 Å². The molecule has 0 aliphatic heterocycles. The Morgan fingerprint density at radius 2 is 1.90 bits per heavy atom. The molecule has 2 N–H and O–H groups in total. The first kappa shape index (κ1) is 15.9. The topological polar surface area (TPSA) is 75.6 Å². The van der Waals surface area contributed by atoms with Crippen LogP contribution in [0.5, 0.6) is 5.75 Å².